The number of carbonyl (C=O) groups is 2. The normalized spacial score (nSPS) is 23.3. The van der Waals surface area contributed by atoms with E-state index in [1.54, 1.807) is 0 Å². The van der Waals surface area contributed by atoms with E-state index in [1.807, 2.05) is 0 Å². The molecule has 1 amide bonds. The SMILES string of the molecule is COC(=O)[C@H]1CC(=O)NN(S(C)(=O)=O)C1. The van der Waals surface area contributed by atoms with Gasteiger partial charge in [-0.2, -0.15) is 0 Å². The van der Waals surface area contributed by atoms with Gasteiger partial charge in [-0.25, -0.2) is 8.42 Å². The molecule has 0 unspecified atom stereocenters. The minimum atomic E-state index is -3.54. The Hall–Kier alpha value is -1.15. The van der Waals surface area contributed by atoms with Crippen molar-refractivity contribution in [1.82, 2.24) is 9.84 Å². The molecule has 0 saturated carbocycles. The molecule has 0 spiro atoms. The Morgan fingerprint density at radius 2 is 2.20 bits per heavy atom. The third kappa shape index (κ3) is 2.90. The average molecular weight is 236 g/mol. The quantitative estimate of drug-likeness (QED) is 0.587. The van der Waals surface area contributed by atoms with E-state index in [4.69, 9.17) is 0 Å². The smallest absolute Gasteiger partial charge is 0.310 e. The molecule has 1 aliphatic rings. The van der Waals surface area contributed by atoms with Gasteiger partial charge in [-0.05, 0) is 0 Å². The highest BCUT2D eigenvalue weighted by atomic mass is 32.2. The number of rotatable bonds is 2. The topological polar surface area (TPSA) is 92.8 Å². The number of nitrogens with one attached hydrogen (secondary N) is 1. The maximum absolute atomic E-state index is 11.2. The summed E-state index contributed by atoms with van der Waals surface area (Å²) >= 11 is 0. The van der Waals surface area contributed by atoms with Crippen LogP contribution >= 0.6 is 0 Å². The number of amides is 1. The van der Waals surface area contributed by atoms with Crippen LogP contribution < -0.4 is 5.43 Å². The minimum absolute atomic E-state index is 0.0569. The van der Waals surface area contributed by atoms with E-state index in [9.17, 15) is 18.0 Å². The van der Waals surface area contributed by atoms with Crippen LogP contribution in [0.4, 0.5) is 0 Å². The number of hydrazine groups is 1. The molecule has 15 heavy (non-hydrogen) atoms. The molecule has 0 bridgehead atoms. The summed E-state index contributed by atoms with van der Waals surface area (Å²) in [6.07, 6.45) is 0.894. The van der Waals surface area contributed by atoms with Crippen LogP contribution in [0.15, 0.2) is 0 Å². The lowest BCUT2D eigenvalue weighted by atomic mass is 10.0. The van der Waals surface area contributed by atoms with Crippen molar-refractivity contribution < 1.29 is 22.7 Å². The molecule has 1 atom stereocenters. The number of hydrogen-bond acceptors (Lipinski definition) is 5. The first-order chi connectivity index (χ1) is 6.84. The van der Waals surface area contributed by atoms with E-state index in [0.29, 0.717) is 0 Å². The number of sulfonamides is 1. The number of esters is 1. The molecule has 1 heterocycles. The molecule has 0 aliphatic carbocycles. The largest absolute Gasteiger partial charge is 0.469 e. The second kappa shape index (κ2) is 4.15. The summed E-state index contributed by atoms with van der Waals surface area (Å²) in [5, 5.41) is 0. The first-order valence-corrected chi connectivity index (χ1v) is 6.04. The molecule has 1 fully saturated rings. The van der Waals surface area contributed by atoms with Gasteiger partial charge in [0.05, 0.1) is 19.3 Å². The van der Waals surface area contributed by atoms with Crippen LogP contribution in [-0.4, -0.2) is 44.6 Å². The van der Waals surface area contributed by atoms with Gasteiger partial charge in [-0.1, -0.05) is 0 Å². The summed E-state index contributed by atoms with van der Waals surface area (Å²) in [6, 6.07) is 0. The van der Waals surface area contributed by atoms with Gasteiger partial charge in [-0.15, -0.1) is 4.41 Å². The lowest BCUT2D eigenvalue weighted by Gasteiger charge is -2.29. The molecule has 1 saturated heterocycles. The van der Waals surface area contributed by atoms with Crippen LogP contribution in [0, 0.1) is 5.92 Å². The summed E-state index contributed by atoms with van der Waals surface area (Å²) < 4.78 is 27.5. The molecule has 0 aromatic rings. The number of carbonyl (C=O) groups excluding carboxylic acids is 2. The number of methoxy groups -OCH3 is 1. The first kappa shape index (κ1) is 11.9. The highest BCUT2D eigenvalue weighted by Crippen LogP contribution is 2.14. The summed E-state index contributed by atoms with van der Waals surface area (Å²) in [6.45, 7) is -0.0861. The number of hydrogen-bond donors (Lipinski definition) is 1. The van der Waals surface area contributed by atoms with Crippen molar-refractivity contribution in [1.29, 1.82) is 0 Å². The lowest BCUT2D eigenvalue weighted by molar-refractivity contribution is -0.150. The van der Waals surface area contributed by atoms with Crippen molar-refractivity contribution in [3.05, 3.63) is 0 Å². The van der Waals surface area contributed by atoms with Crippen molar-refractivity contribution in [3.8, 4) is 0 Å². The Morgan fingerprint density at radius 1 is 1.60 bits per heavy atom. The zero-order valence-corrected chi connectivity index (χ0v) is 9.20. The molecule has 1 rings (SSSR count). The van der Waals surface area contributed by atoms with Gasteiger partial charge >= 0.3 is 5.97 Å². The second-order valence-electron chi connectivity index (χ2n) is 3.25. The zero-order chi connectivity index (χ0) is 11.6. The van der Waals surface area contributed by atoms with E-state index in [2.05, 4.69) is 10.2 Å². The molecule has 7 nitrogen and oxygen atoms in total. The van der Waals surface area contributed by atoms with E-state index in [1.165, 1.54) is 7.11 Å². The fraction of sp³-hybridized carbons (Fsp3) is 0.714. The Bertz CT molecular complexity index is 377. The summed E-state index contributed by atoms with van der Waals surface area (Å²) in [7, 11) is -2.35. The maximum atomic E-state index is 11.2. The average Bonchev–Trinajstić information content (AvgIpc) is 2.14. The van der Waals surface area contributed by atoms with Crippen LogP contribution in [0.25, 0.3) is 0 Å². The molecule has 0 radical (unpaired) electrons. The van der Waals surface area contributed by atoms with Crippen molar-refractivity contribution in [2.24, 2.45) is 5.92 Å². The van der Waals surface area contributed by atoms with Crippen molar-refractivity contribution in [2.45, 2.75) is 6.42 Å². The molecule has 8 heteroatoms. The fourth-order valence-electron chi connectivity index (χ4n) is 1.26. The van der Waals surface area contributed by atoms with Crippen LogP contribution in [0.3, 0.4) is 0 Å². The van der Waals surface area contributed by atoms with E-state index < -0.39 is 27.8 Å². The number of ether oxygens (including phenoxy) is 1. The summed E-state index contributed by atoms with van der Waals surface area (Å²) in [5.74, 6) is -1.83. The van der Waals surface area contributed by atoms with E-state index >= 15 is 0 Å². The Balaban J connectivity index is 2.81. The van der Waals surface area contributed by atoms with Crippen molar-refractivity contribution in [2.75, 3.05) is 19.9 Å². The van der Waals surface area contributed by atoms with Crippen molar-refractivity contribution >= 4 is 21.9 Å². The lowest BCUT2D eigenvalue weighted by Crippen LogP contribution is -2.54. The molecule has 1 N–H and O–H groups in total. The molecule has 0 aromatic carbocycles. The number of nitrogens with zero attached hydrogens (tertiary/aromatic N) is 1. The Morgan fingerprint density at radius 3 is 2.67 bits per heavy atom. The standard InChI is InChI=1S/C7H12N2O5S/c1-14-7(11)5-3-6(10)8-9(4-5)15(2,12)13/h5H,3-4H2,1-2H3,(H,8,10)/t5-/m0/s1. The van der Waals surface area contributed by atoms with Crippen LogP contribution in [0.1, 0.15) is 6.42 Å². The maximum Gasteiger partial charge on any atom is 0.310 e. The Kier molecular flexibility index (Phi) is 3.30. The second-order valence-corrected chi connectivity index (χ2v) is 5.16. The third-order valence-electron chi connectivity index (χ3n) is 2.00. The van der Waals surface area contributed by atoms with Gasteiger partial charge in [-0.3, -0.25) is 15.0 Å². The van der Waals surface area contributed by atoms with Gasteiger partial charge in [0.25, 0.3) is 0 Å². The minimum Gasteiger partial charge on any atom is -0.469 e. The summed E-state index contributed by atoms with van der Waals surface area (Å²) in [4.78, 5) is 22.3. The highest BCUT2D eigenvalue weighted by Gasteiger charge is 2.34. The van der Waals surface area contributed by atoms with Crippen LogP contribution in [0.5, 0.6) is 0 Å². The van der Waals surface area contributed by atoms with Crippen LogP contribution in [0.2, 0.25) is 0 Å². The molecule has 1 aliphatic heterocycles. The molecular formula is C7H12N2O5S. The van der Waals surface area contributed by atoms with E-state index in [0.717, 1.165) is 10.7 Å². The fourth-order valence-corrected chi connectivity index (χ4v) is 1.98. The zero-order valence-electron chi connectivity index (χ0n) is 8.39. The van der Waals surface area contributed by atoms with Gasteiger partial charge in [0.15, 0.2) is 0 Å². The molecule has 0 aromatic heterocycles. The highest BCUT2D eigenvalue weighted by molar-refractivity contribution is 7.88. The van der Waals surface area contributed by atoms with E-state index in [-0.39, 0.29) is 13.0 Å². The monoisotopic (exact) mass is 236 g/mol. The molecular weight excluding hydrogens is 224 g/mol. The van der Waals surface area contributed by atoms with Gasteiger partial charge in [0, 0.05) is 13.0 Å². The van der Waals surface area contributed by atoms with Gasteiger partial charge in [0.1, 0.15) is 0 Å². The summed E-state index contributed by atoms with van der Waals surface area (Å²) in [5.41, 5.74) is 2.16. The van der Waals surface area contributed by atoms with Crippen molar-refractivity contribution in [3.63, 3.8) is 0 Å². The predicted octanol–water partition coefficient (Wildman–Crippen LogP) is -1.53. The Labute approximate surface area is 87.4 Å². The first-order valence-electron chi connectivity index (χ1n) is 4.19. The predicted molar refractivity (Wildman–Crippen MR) is 49.8 cm³/mol. The molecule has 86 valence electrons. The van der Waals surface area contributed by atoms with Gasteiger partial charge in [0.2, 0.25) is 15.9 Å². The van der Waals surface area contributed by atoms with Crippen LogP contribution in [-0.2, 0) is 24.3 Å². The third-order valence-corrected chi connectivity index (χ3v) is 3.04. The van der Waals surface area contributed by atoms with Gasteiger partial charge < -0.3 is 4.74 Å².